The van der Waals surface area contributed by atoms with Crippen LogP contribution in [0.3, 0.4) is 0 Å². The Morgan fingerprint density at radius 3 is 2.93 bits per heavy atom. The van der Waals surface area contributed by atoms with Crippen molar-refractivity contribution < 1.29 is 5.11 Å². The van der Waals surface area contributed by atoms with Crippen LogP contribution in [0.4, 0.5) is 0 Å². The van der Waals surface area contributed by atoms with Crippen molar-refractivity contribution in [3.63, 3.8) is 0 Å². The monoisotopic (exact) mass is 255 g/mol. The molecule has 1 aromatic carbocycles. The maximum absolute atomic E-state index is 9.95. The second-order valence-electron chi connectivity index (χ2n) is 3.78. The number of rotatable bonds is 1. The van der Waals surface area contributed by atoms with Gasteiger partial charge in [0, 0.05) is 11.6 Å². The third-order valence-corrected chi connectivity index (χ3v) is 3.43. The van der Waals surface area contributed by atoms with Crippen molar-refractivity contribution in [2.45, 2.75) is 25.8 Å². The molecule has 0 aromatic heterocycles. The minimum Gasteiger partial charge on any atom is -0.506 e. The van der Waals surface area contributed by atoms with E-state index in [1.165, 1.54) is 6.42 Å². The molecule has 1 saturated heterocycles. The summed E-state index contributed by atoms with van der Waals surface area (Å²) in [5.41, 5.74) is 2.21. The molecule has 1 aliphatic heterocycles. The smallest absolute Gasteiger partial charge is 0.134 e. The van der Waals surface area contributed by atoms with Gasteiger partial charge >= 0.3 is 0 Å². The number of phenolic OH excluding ortho intramolecular Hbond substituents is 1. The Labute approximate surface area is 92.5 Å². The summed E-state index contributed by atoms with van der Waals surface area (Å²) in [7, 11) is 0. The lowest BCUT2D eigenvalue weighted by Crippen LogP contribution is -2.14. The molecule has 0 saturated carbocycles. The van der Waals surface area contributed by atoms with Crippen LogP contribution >= 0.6 is 15.9 Å². The summed E-state index contributed by atoms with van der Waals surface area (Å²) in [4.78, 5) is 0. The molecule has 0 amide bonds. The molecule has 2 nitrogen and oxygen atoms in total. The van der Waals surface area contributed by atoms with Gasteiger partial charge in [-0.2, -0.15) is 0 Å². The molecule has 0 radical (unpaired) electrons. The van der Waals surface area contributed by atoms with Crippen LogP contribution < -0.4 is 5.32 Å². The zero-order chi connectivity index (χ0) is 10.1. The maximum Gasteiger partial charge on any atom is 0.134 e. The van der Waals surface area contributed by atoms with E-state index in [4.69, 9.17) is 0 Å². The van der Waals surface area contributed by atoms with E-state index in [9.17, 15) is 5.11 Å². The maximum atomic E-state index is 9.95. The molecule has 0 spiro atoms. The molecule has 2 rings (SSSR count). The third-order valence-electron chi connectivity index (χ3n) is 2.79. The van der Waals surface area contributed by atoms with Crippen molar-refractivity contribution in [2.24, 2.45) is 0 Å². The first kappa shape index (κ1) is 9.99. The fourth-order valence-corrected chi connectivity index (χ4v) is 2.40. The van der Waals surface area contributed by atoms with Gasteiger partial charge in [0.15, 0.2) is 0 Å². The first-order chi connectivity index (χ1) is 6.70. The van der Waals surface area contributed by atoms with E-state index in [1.54, 1.807) is 0 Å². The fraction of sp³-hybridized carbons (Fsp3) is 0.455. The molecule has 2 N–H and O–H groups in total. The molecule has 1 unspecified atom stereocenters. The predicted molar refractivity (Wildman–Crippen MR) is 60.5 cm³/mol. The van der Waals surface area contributed by atoms with Gasteiger partial charge in [0.1, 0.15) is 5.75 Å². The molecular weight excluding hydrogens is 242 g/mol. The molecule has 1 aromatic rings. The molecule has 76 valence electrons. The van der Waals surface area contributed by atoms with Crippen LogP contribution in [0.25, 0.3) is 0 Å². The average Bonchev–Trinajstić information content (AvgIpc) is 2.65. The number of hydrogen-bond donors (Lipinski definition) is 2. The van der Waals surface area contributed by atoms with Gasteiger partial charge in [-0.25, -0.2) is 0 Å². The van der Waals surface area contributed by atoms with Crippen LogP contribution in [0.1, 0.15) is 30.0 Å². The molecule has 0 aliphatic carbocycles. The van der Waals surface area contributed by atoms with E-state index in [0.29, 0.717) is 11.8 Å². The highest BCUT2D eigenvalue weighted by Gasteiger charge is 2.22. The average molecular weight is 256 g/mol. The lowest BCUT2D eigenvalue weighted by Gasteiger charge is -2.16. The molecule has 0 bridgehead atoms. The number of nitrogens with one attached hydrogen (secondary N) is 1. The molecule has 1 aliphatic rings. The van der Waals surface area contributed by atoms with Gasteiger partial charge in [-0.3, -0.25) is 0 Å². The van der Waals surface area contributed by atoms with Crippen LogP contribution in [-0.2, 0) is 0 Å². The Morgan fingerprint density at radius 1 is 1.50 bits per heavy atom. The molecule has 1 fully saturated rings. The number of hydrogen-bond acceptors (Lipinski definition) is 2. The third kappa shape index (κ3) is 1.66. The number of halogens is 1. The summed E-state index contributed by atoms with van der Waals surface area (Å²) in [5.74, 6) is 0.393. The normalized spacial score (nSPS) is 21.4. The van der Waals surface area contributed by atoms with Crippen LogP contribution in [0, 0.1) is 6.92 Å². The van der Waals surface area contributed by atoms with E-state index < -0.39 is 0 Å². The highest BCUT2D eigenvalue weighted by molar-refractivity contribution is 9.10. The van der Waals surface area contributed by atoms with E-state index in [1.807, 2.05) is 19.1 Å². The molecule has 14 heavy (non-hydrogen) atoms. The van der Waals surface area contributed by atoms with E-state index in [0.717, 1.165) is 28.6 Å². The van der Waals surface area contributed by atoms with Crippen molar-refractivity contribution in [1.82, 2.24) is 5.32 Å². The van der Waals surface area contributed by atoms with Gasteiger partial charge < -0.3 is 10.4 Å². The van der Waals surface area contributed by atoms with E-state index in [-0.39, 0.29) is 0 Å². The highest BCUT2D eigenvalue weighted by Crippen LogP contribution is 2.37. The number of benzene rings is 1. The summed E-state index contributed by atoms with van der Waals surface area (Å²) < 4.78 is 0.784. The molecule has 3 heteroatoms. The fourth-order valence-electron chi connectivity index (χ4n) is 2.05. The Bertz CT molecular complexity index is 345. The van der Waals surface area contributed by atoms with Crippen LogP contribution in [0.5, 0.6) is 5.75 Å². The first-order valence-corrected chi connectivity index (χ1v) is 5.71. The zero-order valence-electron chi connectivity index (χ0n) is 8.18. The summed E-state index contributed by atoms with van der Waals surface area (Å²) in [5, 5.41) is 13.4. The molecule has 1 atom stereocenters. The largest absolute Gasteiger partial charge is 0.506 e. The van der Waals surface area contributed by atoms with Crippen molar-refractivity contribution in [1.29, 1.82) is 0 Å². The second-order valence-corrected chi connectivity index (χ2v) is 4.63. The lowest BCUT2D eigenvalue weighted by molar-refractivity contribution is 0.452. The van der Waals surface area contributed by atoms with Gasteiger partial charge in [0.05, 0.1) is 4.47 Å². The van der Waals surface area contributed by atoms with E-state index in [2.05, 4.69) is 21.2 Å². The lowest BCUT2D eigenvalue weighted by atomic mass is 9.99. The summed E-state index contributed by atoms with van der Waals surface area (Å²) in [6.45, 7) is 3.09. The van der Waals surface area contributed by atoms with Crippen molar-refractivity contribution in [3.8, 4) is 5.75 Å². The second kappa shape index (κ2) is 3.91. The topological polar surface area (TPSA) is 32.3 Å². The standard InChI is InChI=1S/C11H14BrNO/c1-7-4-5-8(12)11(14)10(7)9-3-2-6-13-9/h4-5,9,13-14H,2-3,6H2,1H3. The molecule has 1 heterocycles. The minimum absolute atomic E-state index is 0.326. The quantitative estimate of drug-likeness (QED) is 0.809. The van der Waals surface area contributed by atoms with Crippen molar-refractivity contribution >= 4 is 15.9 Å². The Morgan fingerprint density at radius 2 is 2.29 bits per heavy atom. The number of phenols is 1. The number of aryl methyl sites for hydroxylation is 1. The van der Waals surface area contributed by atoms with Crippen LogP contribution in [0.2, 0.25) is 0 Å². The summed E-state index contributed by atoms with van der Waals surface area (Å²) in [6, 6.07) is 4.26. The van der Waals surface area contributed by atoms with Crippen LogP contribution in [-0.4, -0.2) is 11.7 Å². The molecular formula is C11H14BrNO. The summed E-state index contributed by atoms with van der Waals surface area (Å²) in [6.07, 6.45) is 2.31. The number of aromatic hydroxyl groups is 1. The highest BCUT2D eigenvalue weighted by atomic mass is 79.9. The summed E-state index contributed by atoms with van der Waals surface area (Å²) >= 11 is 3.35. The van der Waals surface area contributed by atoms with Crippen molar-refractivity contribution in [3.05, 3.63) is 27.7 Å². The minimum atomic E-state index is 0.326. The van der Waals surface area contributed by atoms with Crippen molar-refractivity contribution in [2.75, 3.05) is 6.54 Å². The Balaban J connectivity index is 2.44. The van der Waals surface area contributed by atoms with Gasteiger partial charge in [0.25, 0.3) is 0 Å². The van der Waals surface area contributed by atoms with E-state index >= 15 is 0 Å². The Hall–Kier alpha value is -0.540. The zero-order valence-corrected chi connectivity index (χ0v) is 9.76. The first-order valence-electron chi connectivity index (χ1n) is 4.91. The Kier molecular flexibility index (Phi) is 2.79. The predicted octanol–water partition coefficient (Wildman–Crippen LogP) is 2.89. The van der Waals surface area contributed by atoms with Gasteiger partial charge in [-0.1, -0.05) is 6.07 Å². The van der Waals surface area contributed by atoms with Gasteiger partial charge in [0.2, 0.25) is 0 Å². The van der Waals surface area contributed by atoms with Gasteiger partial charge in [-0.15, -0.1) is 0 Å². The SMILES string of the molecule is Cc1ccc(Br)c(O)c1C1CCCN1. The van der Waals surface area contributed by atoms with Crippen LogP contribution in [0.15, 0.2) is 16.6 Å². The van der Waals surface area contributed by atoms with Gasteiger partial charge in [-0.05, 0) is 53.9 Å².